The zero-order valence-electron chi connectivity index (χ0n) is 10.0. The third kappa shape index (κ3) is 3.28. The van der Waals surface area contributed by atoms with Crippen LogP contribution in [0.5, 0.6) is 0 Å². The number of carboxylic acid groups (broad SMARTS) is 1. The number of aryl methyl sites for hydroxylation is 1. The molecule has 1 atom stereocenters. The van der Waals surface area contributed by atoms with E-state index in [1.54, 1.807) is 6.92 Å². The van der Waals surface area contributed by atoms with Gasteiger partial charge < -0.3 is 10.2 Å². The minimum absolute atomic E-state index is 0.0606. The molecule has 7 heteroatoms. The van der Waals surface area contributed by atoms with Crippen LogP contribution in [0.15, 0.2) is 23.1 Å². The largest absolute Gasteiger partial charge is 0.478 e. The Labute approximate surface area is 105 Å². The number of carbonyl (C=O) groups is 1. The number of rotatable bonds is 5. The summed E-state index contributed by atoms with van der Waals surface area (Å²) in [6, 6.07) is 3.23. The quantitative estimate of drug-likeness (QED) is 0.718. The molecule has 0 saturated heterocycles. The van der Waals surface area contributed by atoms with Crippen molar-refractivity contribution in [1.29, 1.82) is 0 Å². The standard InChI is InChI=1S/C11H15NO5S/c1-7-3-4-9(5-10(7)11(14)15)18(16,17)12-8(2)6-13/h3-5,8,12-13H,6H2,1-2H3,(H,14,15). The van der Waals surface area contributed by atoms with Crippen molar-refractivity contribution in [2.45, 2.75) is 24.8 Å². The predicted molar refractivity (Wildman–Crippen MR) is 65.0 cm³/mol. The molecule has 0 saturated carbocycles. The van der Waals surface area contributed by atoms with E-state index in [0.29, 0.717) is 5.56 Å². The fraction of sp³-hybridized carbons (Fsp3) is 0.364. The summed E-state index contributed by atoms with van der Waals surface area (Å²) in [6.07, 6.45) is 0. The summed E-state index contributed by atoms with van der Waals surface area (Å²) >= 11 is 0. The van der Waals surface area contributed by atoms with Crippen LogP contribution in [0.3, 0.4) is 0 Å². The minimum atomic E-state index is -3.82. The Hall–Kier alpha value is -1.44. The first-order chi connectivity index (χ1) is 8.27. The highest BCUT2D eigenvalue weighted by Crippen LogP contribution is 2.16. The molecule has 1 rings (SSSR count). The normalized spacial score (nSPS) is 13.3. The molecule has 6 nitrogen and oxygen atoms in total. The zero-order valence-corrected chi connectivity index (χ0v) is 10.9. The van der Waals surface area contributed by atoms with Crippen molar-refractivity contribution in [3.63, 3.8) is 0 Å². The van der Waals surface area contributed by atoms with Crippen LogP contribution in [0, 0.1) is 6.92 Å². The molecule has 1 aromatic carbocycles. The van der Waals surface area contributed by atoms with Crippen molar-refractivity contribution in [3.05, 3.63) is 29.3 Å². The lowest BCUT2D eigenvalue weighted by molar-refractivity contribution is 0.0696. The van der Waals surface area contributed by atoms with Crippen LogP contribution < -0.4 is 4.72 Å². The highest BCUT2D eigenvalue weighted by molar-refractivity contribution is 7.89. The van der Waals surface area contributed by atoms with Gasteiger partial charge in [-0.1, -0.05) is 6.07 Å². The van der Waals surface area contributed by atoms with Crippen molar-refractivity contribution in [2.75, 3.05) is 6.61 Å². The molecule has 0 aliphatic carbocycles. The van der Waals surface area contributed by atoms with Gasteiger partial charge in [-0.15, -0.1) is 0 Å². The number of nitrogens with one attached hydrogen (secondary N) is 1. The molecule has 3 N–H and O–H groups in total. The van der Waals surface area contributed by atoms with E-state index >= 15 is 0 Å². The van der Waals surface area contributed by atoms with Gasteiger partial charge in [-0.3, -0.25) is 0 Å². The van der Waals surface area contributed by atoms with Crippen LogP contribution in [0.25, 0.3) is 0 Å². The zero-order chi connectivity index (χ0) is 13.9. The Morgan fingerprint density at radius 1 is 1.44 bits per heavy atom. The van der Waals surface area contributed by atoms with Crippen molar-refractivity contribution >= 4 is 16.0 Å². The summed E-state index contributed by atoms with van der Waals surface area (Å²) in [5.41, 5.74) is 0.422. The molecule has 0 aliphatic heterocycles. The van der Waals surface area contributed by atoms with Crippen LogP contribution >= 0.6 is 0 Å². The van der Waals surface area contributed by atoms with Gasteiger partial charge in [0.1, 0.15) is 0 Å². The Balaban J connectivity index is 3.18. The van der Waals surface area contributed by atoms with Crippen molar-refractivity contribution < 1.29 is 23.4 Å². The monoisotopic (exact) mass is 273 g/mol. The van der Waals surface area contributed by atoms with Gasteiger partial charge in [-0.05, 0) is 31.5 Å². The molecule has 0 aliphatic rings. The lowest BCUT2D eigenvalue weighted by Crippen LogP contribution is -2.35. The van der Waals surface area contributed by atoms with Gasteiger partial charge in [0, 0.05) is 6.04 Å². The predicted octanol–water partition coefficient (Wildman–Crippen LogP) is 0.352. The van der Waals surface area contributed by atoms with Gasteiger partial charge in [0.2, 0.25) is 10.0 Å². The van der Waals surface area contributed by atoms with Crippen LogP contribution in [-0.4, -0.2) is 37.2 Å². The maximum atomic E-state index is 11.9. The first kappa shape index (κ1) is 14.6. The lowest BCUT2D eigenvalue weighted by Gasteiger charge is -2.12. The SMILES string of the molecule is Cc1ccc(S(=O)(=O)NC(C)CO)cc1C(=O)O. The maximum absolute atomic E-state index is 11.9. The van der Waals surface area contributed by atoms with E-state index in [1.165, 1.54) is 19.1 Å². The molecule has 0 radical (unpaired) electrons. The van der Waals surface area contributed by atoms with Gasteiger partial charge >= 0.3 is 5.97 Å². The fourth-order valence-electron chi connectivity index (χ4n) is 1.37. The third-order valence-electron chi connectivity index (χ3n) is 2.38. The second-order valence-corrected chi connectivity index (χ2v) is 5.70. The lowest BCUT2D eigenvalue weighted by atomic mass is 10.1. The van der Waals surface area contributed by atoms with E-state index < -0.39 is 22.0 Å². The summed E-state index contributed by atoms with van der Waals surface area (Å²) in [5, 5.41) is 17.7. The van der Waals surface area contributed by atoms with E-state index in [9.17, 15) is 13.2 Å². The van der Waals surface area contributed by atoms with Crippen molar-refractivity contribution in [3.8, 4) is 0 Å². The molecule has 0 heterocycles. The maximum Gasteiger partial charge on any atom is 0.335 e. The molecule has 18 heavy (non-hydrogen) atoms. The number of sulfonamides is 1. The highest BCUT2D eigenvalue weighted by Gasteiger charge is 2.19. The Morgan fingerprint density at radius 2 is 2.06 bits per heavy atom. The molecular formula is C11H15NO5S. The summed E-state index contributed by atoms with van der Waals surface area (Å²) in [6.45, 7) is 2.75. The van der Waals surface area contributed by atoms with E-state index in [-0.39, 0.29) is 17.1 Å². The Morgan fingerprint density at radius 3 is 2.56 bits per heavy atom. The van der Waals surface area contributed by atoms with Gasteiger partial charge in [0.25, 0.3) is 0 Å². The minimum Gasteiger partial charge on any atom is -0.478 e. The summed E-state index contributed by atoms with van der Waals surface area (Å²) in [4.78, 5) is 10.8. The fourth-order valence-corrected chi connectivity index (χ4v) is 2.63. The van der Waals surface area contributed by atoms with Crippen molar-refractivity contribution in [1.82, 2.24) is 4.72 Å². The van der Waals surface area contributed by atoms with Crippen LogP contribution in [-0.2, 0) is 10.0 Å². The number of hydrogen-bond acceptors (Lipinski definition) is 4. The van der Waals surface area contributed by atoms with Gasteiger partial charge in [0.05, 0.1) is 17.1 Å². The van der Waals surface area contributed by atoms with Gasteiger partial charge in [-0.25, -0.2) is 17.9 Å². The van der Waals surface area contributed by atoms with E-state index in [2.05, 4.69) is 4.72 Å². The number of aliphatic hydroxyl groups excluding tert-OH is 1. The van der Waals surface area contributed by atoms with Crippen molar-refractivity contribution in [2.24, 2.45) is 0 Å². The first-order valence-corrected chi connectivity index (χ1v) is 6.73. The Kier molecular flexibility index (Phi) is 4.44. The molecule has 1 unspecified atom stereocenters. The molecule has 0 aromatic heterocycles. The summed E-state index contributed by atoms with van der Waals surface area (Å²) < 4.78 is 26.0. The molecule has 0 fully saturated rings. The second-order valence-electron chi connectivity index (χ2n) is 3.99. The molecule has 0 amide bonds. The first-order valence-electron chi connectivity index (χ1n) is 5.25. The molecule has 0 bridgehead atoms. The molecule has 1 aromatic rings. The smallest absolute Gasteiger partial charge is 0.335 e. The van der Waals surface area contributed by atoms with E-state index in [4.69, 9.17) is 10.2 Å². The number of benzene rings is 1. The third-order valence-corrected chi connectivity index (χ3v) is 3.97. The number of aromatic carboxylic acids is 1. The van der Waals surface area contributed by atoms with Gasteiger partial charge in [0.15, 0.2) is 0 Å². The summed E-state index contributed by atoms with van der Waals surface area (Å²) in [7, 11) is -3.82. The number of carboxylic acids is 1. The van der Waals surface area contributed by atoms with E-state index in [0.717, 1.165) is 6.07 Å². The van der Waals surface area contributed by atoms with Crippen LogP contribution in [0.1, 0.15) is 22.8 Å². The molecule has 100 valence electrons. The van der Waals surface area contributed by atoms with Gasteiger partial charge in [-0.2, -0.15) is 0 Å². The van der Waals surface area contributed by atoms with E-state index in [1.807, 2.05) is 0 Å². The second kappa shape index (κ2) is 5.47. The number of aliphatic hydroxyl groups is 1. The summed E-state index contributed by atoms with van der Waals surface area (Å²) in [5.74, 6) is -1.18. The average molecular weight is 273 g/mol. The topological polar surface area (TPSA) is 104 Å². The van der Waals surface area contributed by atoms with Crippen LogP contribution in [0.2, 0.25) is 0 Å². The Bertz CT molecular complexity index is 553. The highest BCUT2D eigenvalue weighted by atomic mass is 32.2. The van der Waals surface area contributed by atoms with Crippen LogP contribution in [0.4, 0.5) is 0 Å². The number of hydrogen-bond donors (Lipinski definition) is 3. The molecular weight excluding hydrogens is 258 g/mol. The average Bonchev–Trinajstić information content (AvgIpc) is 2.28. The molecule has 0 spiro atoms.